The molecular weight excluding hydrogens is 373 g/mol. The van der Waals surface area contributed by atoms with E-state index < -0.39 is 5.91 Å². The first-order chi connectivity index (χ1) is 12.5. The molecule has 5 nitrogen and oxygen atoms in total. The molecule has 0 bridgehead atoms. The normalized spacial score (nSPS) is 10.8. The zero-order valence-electron chi connectivity index (χ0n) is 14.1. The Bertz CT molecular complexity index is 860. The lowest BCUT2D eigenvalue weighted by atomic mass is 10.1. The molecule has 2 rings (SSSR count). The first-order valence-corrected chi connectivity index (χ1v) is 8.52. The van der Waals surface area contributed by atoms with Crippen LogP contribution in [0.5, 0.6) is 5.75 Å². The fraction of sp³-hybridized carbons (Fsp3) is 0.158. The number of ether oxygens (including phenoxy) is 1. The van der Waals surface area contributed by atoms with Gasteiger partial charge >= 0.3 is 0 Å². The van der Waals surface area contributed by atoms with Crippen molar-refractivity contribution < 1.29 is 9.53 Å². The standard InChI is InChI=1S/C19H17Cl2N3O2/c1-26-18-5-3-2-4-13(18)8-9-23-12-14(11-22)19(25)24-17-10-15(20)6-7-16(17)21/h2-7,10,12,23H,8-9H2,1H3,(H,24,25)/b14-12-. The summed E-state index contributed by atoms with van der Waals surface area (Å²) >= 11 is 11.9. The molecule has 0 saturated carbocycles. The van der Waals surface area contributed by atoms with E-state index in [-0.39, 0.29) is 5.57 Å². The molecule has 0 aliphatic heterocycles. The fourth-order valence-corrected chi connectivity index (χ4v) is 2.56. The highest BCUT2D eigenvalue weighted by Crippen LogP contribution is 2.25. The molecule has 0 unspecified atom stereocenters. The van der Waals surface area contributed by atoms with Gasteiger partial charge in [0.2, 0.25) is 0 Å². The van der Waals surface area contributed by atoms with Crippen molar-refractivity contribution >= 4 is 34.8 Å². The van der Waals surface area contributed by atoms with E-state index in [1.165, 1.54) is 12.3 Å². The number of methoxy groups -OCH3 is 1. The zero-order valence-corrected chi connectivity index (χ0v) is 15.6. The van der Waals surface area contributed by atoms with Gasteiger partial charge in [-0.25, -0.2) is 0 Å². The van der Waals surface area contributed by atoms with Gasteiger partial charge in [0.05, 0.1) is 17.8 Å². The molecule has 134 valence electrons. The summed E-state index contributed by atoms with van der Waals surface area (Å²) in [7, 11) is 1.62. The van der Waals surface area contributed by atoms with Crippen LogP contribution in [0.2, 0.25) is 10.0 Å². The fourth-order valence-electron chi connectivity index (χ4n) is 2.22. The number of amides is 1. The SMILES string of the molecule is COc1ccccc1CCN/C=C(/C#N)C(=O)Nc1cc(Cl)ccc1Cl. The smallest absolute Gasteiger partial charge is 0.267 e. The van der Waals surface area contributed by atoms with Gasteiger partial charge in [-0.2, -0.15) is 5.26 Å². The Morgan fingerprint density at radius 2 is 2.04 bits per heavy atom. The van der Waals surface area contributed by atoms with Crippen LogP contribution in [0.15, 0.2) is 54.2 Å². The van der Waals surface area contributed by atoms with Crippen molar-refractivity contribution in [2.75, 3.05) is 19.0 Å². The summed E-state index contributed by atoms with van der Waals surface area (Å²) in [6, 6.07) is 14.2. The highest BCUT2D eigenvalue weighted by atomic mass is 35.5. The van der Waals surface area contributed by atoms with Gasteiger partial charge in [-0.1, -0.05) is 41.4 Å². The van der Waals surface area contributed by atoms with E-state index in [0.29, 0.717) is 28.7 Å². The topological polar surface area (TPSA) is 74.1 Å². The van der Waals surface area contributed by atoms with Crippen LogP contribution in [-0.2, 0) is 11.2 Å². The third-order valence-electron chi connectivity index (χ3n) is 3.52. The van der Waals surface area contributed by atoms with Crippen molar-refractivity contribution in [1.29, 1.82) is 5.26 Å². The number of nitrogens with one attached hydrogen (secondary N) is 2. The monoisotopic (exact) mass is 389 g/mol. The molecule has 0 heterocycles. The number of para-hydroxylation sites is 1. The third-order valence-corrected chi connectivity index (χ3v) is 4.08. The number of carbonyl (C=O) groups excluding carboxylic acids is 1. The maximum atomic E-state index is 12.2. The molecule has 26 heavy (non-hydrogen) atoms. The molecule has 0 radical (unpaired) electrons. The van der Waals surface area contributed by atoms with Gasteiger partial charge in [0, 0.05) is 17.8 Å². The Hall–Kier alpha value is -2.68. The predicted molar refractivity (Wildman–Crippen MR) is 103 cm³/mol. The van der Waals surface area contributed by atoms with Crippen molar-refractivity contribution in [3.05, 3.63) is 69.8 Å². The predicted octanol–water partition coefficient (Wildman–Crippen LogP) is 4.18. The van der Waals surface area contributed by atoms with Crippen LogP contribution in [-0.4, -0.2) is 19.6 Å². The molecule has 7 heteroatoms. The molecule has 0 aliphatic carbocycles. The van der Waals surface area contributed by atoms with E-state index in [2.05, 4.69) is 10.6 Å². The average molecular weight is 390 g/mol. The lowest BCUT2D eigenvalue weighted by Gasteiger charge is -2.09. The summed E-state index contributed by atoms with van der Waals surface area (Å²) in [4.78, 5) is 12.2. The van der Waals surface area contributed by atoms with Crippen LogP contribution in [0.25, 0.3) is 0 Å². The number of hydrogen-bond donors (Lipinski definition) is 2. The molecule has 0 fully saturated rings. The Labute approximate surface area is 162 Å². The van der Waals surface area contributed by atoms with Gasteiger partial charge in [-0.3, -0.25) is 4.79 Å². The van der Waals surface area contributed by atoms with Crippen LogP contribution in [0.4, 0.5) is 5.69 Å². The Kier molecular flexibility index (Phi) is 7.34. The summed E-state index contributed by atoms with van der Waals surface area (Å²) in [6.07, 6.45) is 2.06. The van der Waals surface area contributed by atoms with Gasteiger partial charge in [-0.15, -0.1) is 0 Å². The third kappa shape index (κ3) is 5.41. The van der Waals surface area contributed by atoms with E-state index in [9.17, 15) is 10.1 Å². The van der Waals surface area contributed by atoms with E-state index >= 15 is 0 Å². The zero-order chi connectivity index (χ0) is 18.9. The first-order valence-electron chi connectivity index (χ1n) is 7.77. The first kappa shape index (κ1) is 19.6. The van der Waals surface area contributed by atoms with Crippen molar-refractivity contribution in [2.45, 2.75) is 6.42 Å². The second kappa shape index (κ2) is 9.71. The second-order valence-electron chi connectivity index (χ2n) is 5.26. The van der Waals surface area contributed by atoms with Crippen molar-refractivity contribution in [3.63, 3.8) is 0 Å². The summed E-state index contributed by atoms with van der Waals surface area (Å²) in [5, 5.41) is 15.5. The minimum atomic E-state index is -0.568. The highest BCUT2D eigenvalue weighted by molar-refractivity contribution is 6.35. The molecule has 2 N–H and O–H groups in total. The minimum Gasteiger partial charge on any atom is -0.496 e. The summed E-state index contributed by atoms with van der Waals surface area (Å²) in [6.45, 7) is 0.538. The largest absolute Gasteiger partial charge is 0.496 e. The molecule has 0 aliphatic rings. The van der Waals surface area contributed by atoms with Crippen LogP contribution in [0.3, 0.4) is 0 Å². The molecule has 0 atom stereocenters. The molecule has 0 saturated heterocycles. The second-order valence-corrected chi connectivity index (χ2v) is 6.11. The Morgan fingerprint density at radius 1 is 1.27 bits per heavy atom. The van der Waals surface area contributed by atoms with Crippen molar-refractivity contribution in [3.8, 4) is 11.8 Å². The van der Waals surface area contributed by atoms with Crippen molar-refractivity contribution in [2.24, 2.45) is 0 Å². The van der Waals surface area contributed by atoms with Gasteiger partial charge in [0.25, 0.3) is 5.91 Å². The number of nitrogens with zero attached hydrogens (tertiary/aromatic N) is 1. The van der Waals surface area contributed by atoms with Gasteiger partial charge < -0.3 is 15.4 Å². The lowest BCUT2D eigenvalue weighted by Crippen LogP contribution is -2.18. The summed E-state index contributed by atoms with van der Waals surface area (Å²) < 4.78 is 5.29. The van der Waals surface area contributed by atoms with E-state index in [1.54, 1.807) is 19.2 Å². The molecule has 1 amide bonds. The number of nitriles is 1. The minimum absolute atomic E-state index is 0.0685. The Morgan fingerprint density at radius 3 is 2.77 bits per heavy atom. The summed E-state index contributed by atoms with van der Waals surface area (Å²) in [5.41, 5.74) is 1.31. The highest BCUT2D eigenvalue weighted by Gasteiger charge is 2.11. The van der Waals surface area contributed by atoms with E-state index in [4.69, 9.17) is 27.9 Å². The summed E-state index contributed by atoms with van der Waals surface area (Å²) in [5.74, 6) is 0.230. The molecule has 2 aromatic carbocycles. The Balaban J connectivity index is 1.96. The quantitative estimate of drug-likeness (QED) is 0.423. The van der Waals surface area contributed by atoms with E-state index in [1.807, 2.05) is 30.3 Å². The number of rotatable bonds is 7. The molecule has 2 aromatic rings. The number of halogens is 2. The van der Waals surface area contributed by atoms with Crippen LogP contribution in [0.1, 0.15) is 5.56 Å². The van der Waals surface area contributed by atoms with Crippen LogP contribution < -0.4 is 15.4 Å². The van der Waals surface area contributed by atoms with E-state index in [0.717, 1.165) is 11.3 Å². The number of benzene rings is 2. The number of hydrogen-bond acceptors (Lipinski definition) is 4. The van der Waals surface area contributed by atoms with Gasteiger partial charge in [0.1, 0.15) is 17.4 Å². The maximum absolute atomic E-state index is 12.2. The molecule has 0 aromatic heterocycles. The van der Waals surface area contributed by atoms with Crippen LogP contribution >= 0.6 is 23.2 Å². The maximum Gasteiger partial charge on any atom is 0.267 e. The number of anilines is 1. The average Bonchev–Trinajstić information content (AvgIpc) is 2.65. The van der Waals surface area contributed by atoms with Gasteiger partial charge in [0.15, 0.2) is 0 Å². The molecular formula is C19H17Cl2N3O2. The molecule has 0 spiro atoms. The number of carbonyl (C=O) groups is 1. The van der Waals surface area contributed by atoms with Gasteiger partial charge in [-0.05, 0) is 36.2 Å². The lowest BCUT2D eigenvalue weighted by molar-refractivity contribution is -0.112. The van der Waals surface area contributed by atoms with Crippen molar-refractivity contribution in [1.82, 2.24) is 5.32 Å². The van der Waals surface area contributed by atoms with Crippen LogP contribution in [0, 0.1) is 11.3 Å².